The van der Waals surface area contributed by atoms with E-state index in [0.717, 1.165) is 51.4 Å². The lowest BCUT2D eigenvalue weighted by molar-refractivity contribution is -0.123. The molecule has 4 atom stereocenters. The normalized spacial score (nSPS) is 27.1. The van der Waals surface area contributed by atoms with Crippen molar-refractivity contribution in [3.8, 4) is 0 Å². The second-order valence-corrected chi connectivity index (χ2v) is 9.80. The Hall–Kier alpha value is -1.59. The number of nitrogens with one attached hydrogen (secondary N) is 1. The van der Waals surface area contributed by atoms with Crippen LogP contribution in [0.15, 0.2) is 0 Å². The third-order valence-corrected chi connectivity index (χ3v) is 6.53. The summed E-state index contributed by atoms with van der Waals surface area (Å²) < 4.78 is 5.29. The Labute approximate surface area is 175 Å². The molecule has 166 valence electrons. The van der Waals surface area contributed by atoms with Crippen LogP contribution in [0, 0.1) is 29.6 Å². The molecule has 0 aromatic rings. The highest BCUT2D eigenvalue weighted by molar-refractivity contribution is 5.88. The first kappa shape index (κ1) is 23.7. The van der Waals surface area contributed by atoms with Crippen LogP contribution in [0.3, 0.4) is 0 Å². The van der Waals surface area contributed by atoms with Gasteiger partial charge in [0.2, 0.25) is 5.91 Å². The third kappa shape index (κ3) is 7.98. The first-order valence-corrected chi connectivity index (χ1v) is 11.5. The molecule has 2 saturated carbocycles. The molecule has 0 aromatic carbocycles. The fraction of sp³-hybridized carbons (Fsp3) is 0.870. The Morgan fingerprint density at radius 3 is 2.34 bits per heavy atom. The van der Waals surface area contributed by atoms with E-state index in [1.54, 1.807) is 0 Å². The average Bonchev–Trinajstić information content (AvgIpc) is 2.86. The smallest absolute Gasteiger partial charge is 0.407 e. The number of alkyl carbamates (subject to hydrolysis) is 1. The van der Waals surface area contributed by atoms with E-state index in [1.807, 2.05) is 13.8 Å². The largest absolute Gasteiger partial charge is 0.449 e. The number of ether oxygens (including phenoxy) is 1. The minimum Gasteiger partial charge on any atom is -0.449 e. The number of rotatable bonds is 8. The number of hydrogen-bond donors (Lipinski definition) is 2. The molecule has 2 amide bonds. The number of Topliss-reactive ketones (excluding diaryl/α,β-unsaturated/α-hetero) is 1. The van der Waals surface area contributed by atoms with Crippen molar-refractivity contribution in [2.75, 3.05) is 6.61 Å². The monoisotopic (exact) mass is 408 g/mol. The highest BCUT2D eigenvalue weighted by Crippen LogP contribution is 2.34. The molecule has 2 aliphatic carbocycles. The molecule has 2 aliphatic rings. The van der Waals surface area contributed by atoms with Gasteiger partial charge in [-0.25, -0.2) is 4.79 Å². The van der Waals surface area contributed by atoms with Gasteiger partial charge < -0.3 is 15.8 Å². The first-order chi connectivity index (χ1) is 13.8. The molecule has 1 unspecified atom stereocenters. The molecule has 0 spiro atoms. The number of hydrogen-bond acceptors (Lipinski definition) is 4. The Bertz CT molecular complexity index is 557. The highest BCUT2D eigenvalue weighted by atomic mass is 16.5. The van der Waals surface area contributed by atoms with E-state index in [9.17, 15) is 14.4 Å². The summed E-state index contributed by atoms with van der Waals surface area (Å²) in [5.74, 6) is 0.904. The fourth-order valence-corrected chi connectivity index (χ4v) is 5.02. The molecule has 0 saturated heterocycles. The number of nitrogens with two attached hydrogens (primary N) is 1. The lowest BCUT2D eigenvalue weighted by Gasteiger charge is -2.31. The van der Waals surface area contributed by atoms with Crippen LogP contribution in [0.2, 0.25) is 0 Å². The van der Waals surface area contributed by atoms with E-state index >= 15 is 0 Å². The van der Waals surface area contributed by atoms with Crippen LogP contribution in [0.25, 0.3) is 0 Å². The van der Waals surface area contributed by atoms with E-state index in [0.29, 0.717) is 18.9 Å². The fourth-order valence-electron chi connectivity index (χ4n) is 5.02. The third-order valence-electron chi connectivity index (χ3n) is 6.53. The zero-order chi connectivity index (χ0) is 21.4. The summed E-state index contributed by atoms with van der Waals surface area (Å²) in [6, 6.07) is -0.458. The maximum Gasteiger partial charge on any atom is 0.407 e. The van der Waals surface area contributed by atoms with Crippen LogP contribution in [-0.2, 0) is 14.3 Å². The summed E-state index contributed by atoms with van der Waals surface area (Å²) in [5.41, 5.74) is 5.53. The zero-order valence-electron chi connectivity index (χ0n) is 18.5. The molecule has 3 N–H and O–H groups in total. The SMILES string of the molecule is CC(C)COC(=O)N[C@H](C(=O)CC1CC[C@H](C(N)=O)C[C@H](C)C1)C1CCCCC1. The summed E-state index contributed by atoms with van der Waals surface area (Å²) in [6.45, 7) is 6.47. The second kappa shape index (κ2) is 11.6. The predicted molar refractivity (Wildman–Crippen MR) is 113 cm³/mol. The predicted octanol–water partition coefficient (Wildman–Crippen LogP) is 4.20. The van der Waals surface area contributed by atoms with Gasteiger partial charge in [0.25, 0.3) is 0 Å². The summed E-state index contributed by atoms with van der Waals surface area (Å²) >= 11 is 0. The molecule has 0 bridgehead atoms. The van der Waals surface area contributed by atoms with Gasteiger partial charge >= 0.3 is 6.09 Å². The number of amides is 2. The Morgan fingerprint density at radius 1 is 1.03 bits per heavy atom. The minimum absolute atomic E-state index is 0.0802. The van der Waals surface area contributed by atoms with Crippen molar-refractivity contribution in [1.82, 2.24) is 5.32 Å². The Morgan fingerprint density at radius 2 is 1.72 bits per heavy atom. The maximum atomic E-state index is 13.3. The molecule has 2 fully saturated rings. The zero-order valence-corrected chi connectivity index (χ0v) is 18.5. The van der Waals surface area contributed by atoms with Crippen molar-refractivity contribution in [3.05, 3.63) is 0 Å². The van der Waals surface area contributed by atoms with Crippen molar-refractivity contribution in [1.29, 1.82) is 0 Å². The molecule has 29 heavy (non-hydrogen) atoms. The van der Waals surface area contributed by atoms with Crippen LogP contribution in [-0.4, -0.2) is 30.4 Å². The Balaban J connectivity index is 2.00. The van der Waals surface area contributed by atoms with E-state index in [4.69, 9.17) is 10.5 Å². The van der Waals surface area contributed by atoms with Gasteiger partial charge in [-0.2, -0.15) is 0 Å². The van der Waals surface area contributed by atoms with Crippen LogP contribution in [0.4, 0.5) is 4.79 Å². The molecular weight excluding hydrogens is 368 g/mol. The lowest BCUT2D eigenvalue weighted by atomic mass is 9.79. The van der Waals surface area contributed by atoms with Crippen molar-refractivity contribution in [2.45, 2.75) is 91.0 Å². The van der Waals surface area contributed by atoms with Crippen molar-refractivity contribution >= 4 is 17.8 Å². The quantitative estimate of drug-likeness (QED) is 0.588. The molecule has 2 rings (SSSR count). The van der Waals surface area contributed by atoms with Gasteiger partial charge in [0, 0.05) is 12.3 Å². The van der Waals surface area contributed by atoms with E-state index in [-0.39, 0.29) is 35.4 Å². The average molecular weight is 409 g/mol. The number of carbonyl (C=O) groups is 3. The van der Waals surface area contributed by atoms with Crippen LogP contribution < -0.4 is 11.1 Å². The van der Waals surface area contributed by atoms with E-state index in [1.165, 1.54) is 6.42 Å². The van der Waals surface area contributed by atoms with Gasteiger partial charge in [-0.05, 0) is 62.2 Å². The number of carbonyl (C=O) groups excluding carboxylic acids is 3. The molecule has 6 heteroatoms. The molecule has 6 nitrogen and oxygen atoms in total. The molecule has 0 aromatic heterocycles. The standard InChI is InChI=1S/C23H40N2O4/c1-15(2)14-29-23(28)25-21(18-7-5-4-6-8-18)20(26)13-17-9-10-19(22(24)27)12-16(3)11-17/h15-19,21H,4-14H2,1-3H3,(H2,24,27)(H,25,28)/t16-,17?,19+,21+/m1/s1. The molecular formula is C23H40N2O4. The van der Waals surface area contributed by atoms with Gasteiger partial charge in [0.15, 0.2) is 5.78 Å². The highest BCUT2D eigenvalue weighted by Gasteiger charge is 2.34. The van der Waals surface area contributed by atoms with Crippen molar-refractivity contribution < 1.29 is 19.1 Å². The summed E-state index contributed by atoms with van der Waals surface area (Å²) in [5, 5.41) is 2.90. The van der Waals surface area contributed by atoms with Gasteiger partial charge in [-0.15, -0.1) is 0 Å². The maximum absolute atomic E-state index is 13.3. The van der Waals surface area contributed by atoms with Gasteiger partial charge in [-0.3, -0.25) is 9.59 Å². The van der Waals surface area contributed by atoms with E-state index in [2.05, 4.69) is 12.2 Å². The van der Waals surface area contributed by atoms with Crippen molar-refractivity contribution in [2.24, 2.45) is 35.3 Å². The first-order valence-electron chi connectivity index (χ1n) is 11.5. The number of ketones is 1. The van der Waals surface area contributed by atoms with Gasteiger partial charge in [-0.1, -0.05) is 40.0 Å². The topological polar surface area (TPSA) is 98.5 Å². The molecule has 0 heterocycles. The van der Waals surface area contributed by atoms with Gasteiger partial charge in [0.1, 0.15) is 0 Å². The Kier molecular flexibility index (Phi) is 9.44. The number of primary amides is 1. The summed E-state index contributed by atoms with van der Waals surface area (Å²) in [4.78, 5) is 37.2. The van der Waals surface area contributed by atoms with Gasteiger partial charge in [0.05, 0.1) is 12.6 Å². The van der Waals surface area contributed by atoms with Crippen LogP contribution in [0.5, 0.6) is 0 Å². The second-order valence-electron chi connectivity index (χ2n) is 9.80. The van der Waals surface area contributed by atoms with Crippen molar-refractivity contribution in [3.63, 3.8) is 0 Å². The van der Waals surface area contributed by atoms with Crippen LogP contribution >= 0.6 is 0 Å². The summed E-state index contributed by atoms with van der Waals surface area (Å²) in [6.07, 6.45) is 8.70. The molecule has 0 aliphatic heterocycles. The molecule has 0 radical (unpaired) electrons. The lowest BCUT2D eigenvalue weighted by Crippen LogP contribution is -2.47. The minimum atomic E-state index is -0.481. The van der Waals surface area contributed by atoms with Crippen LogP contribution in [0.1, 0.15) is 85.0 Å². The summed E-state index contributed by atoms with van der Waals surface area (Å²) in [7, 11) is 0. The van der Waals surface area contributed by atoms with E-state index < -0.39 is 12.1 Å².